The molecule has 7 heteroatoms. The standard InChI is InChI=1S/C12H11FN4O2/c13-8-3-1-7(2-4-8)11-16-5-9(14)12(19)17(11)6-10(15)18/h1-5H,6,14H2,(H2,15,18). The molecule has 4 N–H and O–H groups in total. The van der Waals surface area contributed by atoms with E-state index < -0.39 is 17.3 Å². The van der Waals surface area contributed by atoms with Crippen molar-refractivity contribution in [3.05, 3.63) is 46.6 Å². The first kappa shape index (κ1) is 12.7. The van der Waals surface area contributed by atoms with Crippen LogP contribution in [-0.2, 0) is 11.3 Å². The summed E-state index contributed by atoms with van der Waals surface area (Å²) in [6.07, 6.45) is 1.19. The van der Waals surface area contributed by atoms with Crippen LogP contribution in [0.3, 0.4) is 0 Å². The van der Waals surface area contributed by atoms with Crippen molar-refractivity contribution in [2.75, 3.05) is 5.73 Å². The van der Waals surface area contributed by atoms with E-state index in [1.807, 2.05) is 0 Å². The summed E-state index contributed by atoms with van der Waals surface area (Å²) in [6, 6.07) is 5.36. The van der Waals surface area contributed by atoms with Crippen LogP contribution < -0.4 is 17.0 Å². The van der Waals surface area contributed by atoms with Gasteiger partial charge in [-0.15, -0.1) is 0 Å². The highest BCUT2D eigenvalue weighted by molar-refractivity contribution is 5.74. The van der Waals surface area contributed by atoms with Gasteiger partial charge < -0.3 is 11.5 Å². The maximum absolute atomic E-state index is 12.9. The van der Waals surface area contributed by atoms with Crippen molar-refractivity contribution in [2.24, 2.45) is 5.73 Å². The number of nitrogens with two attached hydrogens (primary N) is 2. The van der Waals surface area contributed by atoms with Crippen LogP contribution in [0.25, 0.3) is 11.4 Å². The summed E-state index contributed by atoms with van der Waals surface area (Å²) in [5, 5.41) is 0. The number of nitrogen functional groups attached to an aromatic ring is 1. The monoisotopic (exact) mass is 262 g/mol. The molecule has 0 aliphatic rings. The van der Waals surface area contributed by atoms with Gasteiger partial charge in [-0.2, -0.15) is 0 Å². The number of benzene rings is 1. The van der Waals surface area contributed by atoms with Gasteiger partial charge in [0.2, 0.25) is 5.91 Å². The van der Waals surface area contributed by atoms with Crippen LogP contribution in [0.1, 0.15) is 0 Å². The third-order valence-corrected chi connectivity index (χ3v) is 2.49. The van der Waals surface area contributed by atoms with Gasteiger partial charge in [-0.25, -0.2) is 9.37 Å². The molecule has 1 aromatic heterocycles. The average molecular weight is 262 g/mol. The predicted octanol–water partition coefficient (Wildman–Crippen LogP) is 0.117. The Bertz CT molecular complexity index is 679. The zero-order chi connectivity index (χ0) is 14.0. The van der Waals surface area contributed by atoms with Gasteiger partial charge in [0.05, 0.1) is 6.20 Å². The van der Waals surface area contributed by atoms with Gasteiger partial charge in [0.25, 0.3) is 5.56 Å². The summed E-state index contributed by atoms with van der Waals surface area (Å²) < 4.78 is 13.9. The lowest BCUT2D eigenvalue weighted by Crippen LogP contribution is -2.31. The third-order valence-electron chi connectivity index (χ3n) is 2.49. The number of carbonyl (C=O) groups is 1. The molecule has 1 heterocycles. The lowest BCUT2D eigenvalue weighted by molar-refractivity contribution is -0.118. The van der Waals surface area contributed by atoms with Crippen LogP contribution in [0.15, 0.2) is 35.3 Å². The number of hydrogen-bond donors (Lipinski definition) is 2. The fourth-order valence-corrected chi connectivity index (χ4v) is 1.64. The largest absolute Gasteiger partial charge is 0.393 e. The Labute approximate surface area is 107 Å². The predicted molar refractivity (Wildman–Crippen MR) is 67.5 cm³/mol. The number of carbonyl (C=O) groups excluding carboxylic acids is 1. The maximum atomic E-state index is 12.9. The quantitative estimate of drug-likeness (QED) is 0.819. The first-order valence-electron chi connectivity index (χ1n) is 5.38. The summed E-state index contributed by atoms with van der Waals surface area (Å²) in [4.78, 5) is 26.9. The molecule has 0 radical (unpaired) electrons. The first-order valence-corrected chi connectivity index (χ1v) is 5.38. The van der Waals surface area contributed by atoms with E-state index in [2.05, 4.69) is 4.98 Å². The first-order chi connectivity index (χ1) is 8.99. The molecule has 0 bridgehead atoms. The molecule has 6 nitrogen and oxygen atoms in total. The number of halogens is 1. The number of aromatic nitrogens is 2. The van der Waals surface area contributed by atoms with Crippen molar-refractivity contribution < 1.29 is 9.18 Å². The van der Waals surface area contributed by atoms with Crippen LogP contribution in [0, 0.1) is 5.82 Å². The van der Waals surface area contributed by atoms with Crippen LogP contribution >= 0.6 is 0 Å². The van der Waals surface area contributed by atoms with E-state index in [0.29, 0.717) is 5.56 Å². The molecule has 0 fully saturated rings. The smallest absolute Gasteiger partial charge is 0.277 e. The Balaban J connectivity index is 2.62. The Morgan fingerprint density at radius 1 is 1.32 bits per heavy atom. The molecule has 0 saturated carbocycles. The minimum Gasteiger partial charge on any atom is -0.393 e. The molecular formula is C12H11FN4O2. The van der Waals surface area contributed by atoms with E-state index in [9.17, 15) is 14.0 Å². The molecule has 98 valence electrons. The molecule has 0 aliphatic carbocycles. The fraction of sp³-hybridized carbons (Fsp3) is 0.0833. The van der Waals surface area contributed by atoms with Gasteiger partial charge in [0.1, 0.15) is 23.9 Å². The third kappa shape index (κ3) is 2.59. The number of primary amides is 1. The van der Waals surface area contributed by atoms with Gasteiger partial charge in [-0.3, -0.25) is 14.2 Å². The fourth-order valence-electron chi connectivity index (χ4n) is 1.64. The highest BCUT2D eigenvalue weighted by atomic mass is 19.1. The maximum Gasteiger partial charge on any atom is 0.277 e. The van der Waals surface area contributed by atoms with Gasteiger partial charge in [-0.1, -0.05) is 0 Å². The van der Waals surface area contributed by atoms with Crippen LogP contribution in [0.5, 0.6) is 0 Å². The molecule has 2 rings (SSSR count). The summed E-state index contributed by atoms with van der Waals surface area (Å²) in [5.41, 5.74) is 10.4. The van der Waals surface area contributed by atoms with E-state index in [4.69, 9.17) is 11.5 Å². The van der Waals surface area contributed by atoms with Crippen LogP contribution in [0.4, 0.5) is 10.1 Å². The van der Waals surface area contributed by atoms with Crippen molar-refractivity contribution in [3.8, 4) is 11.4 Å². The second-order valence-electron chi connectivity index (χ2n) is 3.90. The summed E-state index contributed by atoms with van der Waals surface area (Å²) >= 11 is 0. The average Bonchev–Trinajstić information content (AvgIpc) is 2.36. The highest BCUT2D eigenvalue weighted by Gasteiger charge is 2.12. The number of amides is 1. The normalized spacial score (nSPS) is 10.4. The number of rotatable bonds is 3. The molecule has 2 aromatic rings. The topological polar surface area (TPSA) is 104 Å². The zero-order valence-electron chi connectivity index (χ0n) is 9.84. The lowest BCUT2D eigenvalue weighted by Gasteiger charge is -2.10. The van der Waals surface area contributed by atoms with Crippen molar-refractivity contribution in [1.29, 1.82) is 0 Å². The lowest BCUT2D eigenvalue weighted by atomic mass is 10.2. The van der Waals surface area contributed by atoms with Crippen molar-refractivity contribution >= 4 is 11.6 Å². The van der Waals surface area contributed by atoms with E-state index in [0.717, 1.165) is 4.57 Å². The van der Waals surface area contributed by atoms with Crippen LogP contribution in [0.2, 0.25) is 0 Å². The molecule has 0 unspecified atom stereocenters. The van der Waals surface area contributed by atoms with E-state index in [-0.39, 0.29) is 18.1 Å². The van der Waals surface area contributed by atoms with Gasteiger partial charge in [-0.05, 0) is 24.3 Å². The van der Waals surface area contributed by atoms with Gasteiger partial charge >= 0.3 is 0 Å². The SMILES string of the molecule is NC(=O)Cn1c(-c2ccc(F)cc2)ncc(N)c1=O. The second-order valence-corrected chi connectivity index (χ2v) is 3.90. The number of nitrogens with zero attached hydrogens (tertiary/aromatic N) is 2. The summed E-state index contributed by atoms with van der Waals surface area (Å²) in [6.45, 7) is -0.344. The van der Waals surface area contributed by atoms with Gasteiger partial charge in [0, 0.05) is 5.56 Å². The minimum absolute atomic E-state index is 0.0906. The van der Waals surface area contributed by atoms with Crippen molar-refractivity contribution in [1.82, 2.24) is 9.55 Å². The summed E-state index contributed by atoms with van der Waals surface area (Å²) in [5.74, 6) is -0.904. The Kier molecular flexibility index (Phi) is 3.28. The Morgan fingerprint density at radius 3 is 2.53 bits per heavy atom. The summed E-state index contributed by atoms with van der Waals surface area (Å²) in [7, 11) is 0. The van der Waals surface area contributed by atoms with Crippen molar-refractivity contribution in [2.45, 2.75) is 6.54 Å². The molecule has 0 saturated heterocycles. The highest BCUT2D eigenvalue weighted by Crippen LogP contribution is 2.16. The Morgan fingerprint density at radius 2 is 1.95 bits per heavy atom. The van der Waals surface area contributed by atoms with E-state index in [1.165, 1.54) is 30.5 Å². The Hall–Kier alpha value is -2.70. The molecule has 1 aromatic carbocycles. The number of hydrogen-bond acceptors (Lipinski definition) is 4. The van der Waals surface area contributed by atoms with E-state index >= 15 is 0 Å². The molecule has 1 amide bonds. The zero-order valence-corrected chi connectivity index (χ0v) is 9.84. The molecular weight excluding hydrogens is 251 g/mol. The molecule has 0 aliphatic heterocycles. The van der Waals surface area contributed by atoms with Gasteiger partial charge in [0.15, 0.2) is 0 Å². The van der Waals surface area contributed by atoms with E-state index in [1.54, 1.807) is 0 Å². The van der Waals surface area contributed by atoms with Crippen LogP contribution in [-0.4, -0.2) is 15.5 Å². The molecule has 19 heavy (non-hydrogen) atoms. The van der Waals surface area contributed by atoms with Crippen molar-refractivity contribution in [3.63, 3.8) is 0 Å². The second kappa shape index (κ2) is 4.89. The minimum atomic E-state index is -0.696. The number of anilines is 1. The molecule has 0 spiro atoms. The molecule has 0 atom stereocenters.